The Balaban J connectivity index is 1.28. The Kier molecular flexibility index (Phi) is 7.96. The normalized spacial score (nSPS) is 12.3. The molecule has 0 saturated carbocycles. The highest BCUT2D eigenvalue weighted by molar-refractivity contribution is 7.20. The van der Waals surface area contributed by atoms with Gasteiger partial charge >= 0.3 is 0 Å². The van der Waals surface area contributed by atoms with E-state index in [1.165, 1.54) is 120 Å². The molecule has 0 N–H and O–H groups in total. The summed E-state index contributed by atoms with van der Waals surface area (Å²) in [5.41, 5.74) is 4.07. The molecule has 34 heavy (non-hydrogen) atoms. The second-order valence-corrected chi connectivity index (χ2v) is 12.2. The highest BCUT2D eigenvalue weighted by Gasteiger charge is 2.17. The van der Waals surface area contributed by atoms with Crippen LogP contribution in [0.2, 0.25) is 0 Å². The molecule has 5 aromatic rings. The van der Waals surface area contributed by atoms with Crippen molar-refractivity contribution in [1.82, 2.24) is 0 Å². The summed E-state index contributed by atoms with van der Waals surface area (Å²) in [6.07, 6.45) is 18.4. The number of hydrogen-bond donors (Lipinski definition) is 0. The van der Waals surface area contributed by atoms with E-state index in [-0.39, 0.29) is 0 Å². The number of fused-ring (bicyclic) bond motifs is 6. The SMILES string of the molecule is CCCCCCCCc1cc2oc3cc4c(cc3c2s1)oc1cc(CCCCCCCC)sc14. The molecule has 0 aliphatic carbocycles. The number of aryl methyl sites for hydroxylation is 2. The number of benzene rings is 1. The number of unbranched alkanes of at least 4 members (excludes halogenated alkanes) is 10. The first-order valence-electron chi connectivity index (χ1n) is 13.6. The van der Waals surface area contributed by atoms with E-state index in [4.69, 9.17) is 8.83 Å². The van der Waals surface area contributed by atoms with Crippen LogP contribution in [0.1, 0.15) is 101 Å². The maximum absolute atomic E-state index is 6.31. The predicted molar refractivity (Wildman–Crippen MR) is 151 cm³/mol. The van der Waals surface area contributed by atoms with Gasteiger partial charge in [0.05, 0.1) is 9.40 Å². The molecule has 0 fully saturated rings. The maximum Gasteiger partial charge on any atom is 0.146 e. The van der Waals surface area contributed by atoms with Crippen LogP contribution in [0.4, 0.5) is 0 Å². The van der Waals surface area contributed by atoms with Gasteiger partial charge in [0.25, 0.3) is 0 Å². The summed E-state index contributed by atoms with van der Waals surface area (Å²) in [6, 6.07) is 8.96. The van der Waals surface area contributed by atoms with Gasteiger partial charge < -0.3 is 8.83 Å². The van der Waals surface area contributed by atoms with Crippen molar-refractivity contribution in [3.8, 4) is 0 Å². The zero-order valence-corrected chi connectivity index (χ0v) is 22.5. The predicted octanol–water partition coefficient (Wildman–Crippen LogP) is 11.4. The van der Waals surface area contributed by atoms with Crippen LogP contribution < -0.4 is 0 Å². The quantitative estimate of drug-likeness (QED) is 0.143. The first-order chi connectivity index (χ1) is 16.8. The molecule has 4 aromatic heterocycles. The van der Waals surface area contributed by atoms with E-state index in [1.54, 1.807) is 0 Å². The lowest BCUT2D eigenvalue weighted by atomic mass is 10.1. The molecule has 0 saturated heterocycles. The van der Waals surface area contributed by atoms with Crippen LogP contribution >= 0.6 is 22.7 Å². The minimum Gasteiger partial charge on any atom is -0.455 e. The monoisotopic (exact) mass is 494 g/mol. The number of rotatable bonds is 14. The molecule has 0 radical (unpaired) electrons. The fraction of sp³-hybridized carbons (Fsp3) is 0.533. The lowest BCUT2D eigenvalue weighted by Crippen LogP contribution is -1.82. The van der Waals surface area contributed by atoms with Crippen LogP contribution in [-0.2, 0) is 12.8 Å². The minimum absolute atomic E-state index is 0.994. The van der Waals surface area contributed by atoms with Gasteiger partial charge in [-0.05, 0) is 49.9 Å². The van der Waals surface area contributed by atoms with Crippen LogP contribution in [0.15, 0.2) is 33.1 Å². The van der Waals surface area contributed by atoms with Gasteiger partial charge in [0.2, 0.25) is 0 Å². The van der Waals surface area contributed by atoms with E-state index in [0.29, 0.717) is 0 Å². The zero-order chi connectivity index (χ0) is 23.3. The number of thiophene rings is 2. The van der Waals surface area contributed by atoms with Gasteiger partial charge in [-0.15, -0.1) is 22.7 Å². The van der Waals surface area contributed by atoms with Gasteiger partial charge in [0.15, 0.2) is 0 Å². The van der Waals surface area contributed by atoms with Crippen LogP contribution in [-0.4, -0.2) is 0 Å². The summed E-state index contributed by atoms with van der Waals surface area (Å²) in [6.45, 7) is 4.55. The number of furan rings is 2. The lowest BCUT2D eigenvalue weighted by Gasteiger charge is -1.99. The maximum atomic E-state index is 6.31. The molecule has 0 bridgehead atoms. The van der Waals surface area contributed by atoms with E-state index in [9.17, 15) is 0 Å². The molecule has 0 unspecified atom stereocenters. The molecule has 5 rings (SSSR count). The molecular weight excluding hydrogens is 456 g/mol. The molecule has 0 aliphatic heterocycles. The Labute approximate surface area is 211 Å². The van der Waals surface area contributed by atoms with Crippen LogP contribution in [0.3, 0.4) is 0 Å². The van der Waals surface area contributed by atoms with E-state index in [2.05, 4.69) is 38.1 Å². The zero-order valence-electron chi connectivity index (χ0n) is 20.8. The molecular formula is C30H38O2S2. The first-order valence-corrected chi connectivity index (χ1v) is 15.2. The van der Waals surface area contributed by atoms with E-state index >= 15 is 0 Å². The van der Waals surface area contributed by atoms with Crippen LogP contribution in [0.5, 0.6) is 0 Å². The fourth-order valence-electron chi connectivity index (χ4n) is 5.10. The summed E-state index contributed by atoms with van der Waals surface area (Å²) in [5.74, 6) is 0. The van der Waals surface area contributed by atoms with Crippen LogP contribution in [0.25, 0.3) is 42.5 Å². The summed E-state index contributed by atoms with van der Waals surface area (Å²) < 4.78 is 15.2. The minimum atomic E-state index is 0.994. The van der Waals surface area contributed by atoms with E-state index < -0.39 is 0 Å². The van der Waals surface area contributed by atoms with Crippen molar-refractivity contribution in [2.75, 3.05) is 0 Å². The Morgan fingerprint density at radius 2 is 0.912 bits per heavy atom. The van der Waals surface area contributed by atoms with Gasteiger partial charge in [-0.1, -0.05) is 78.1 Å². The van der Waals surface area contributed by atoms with Crippen molar-refractivity contribution in [1.29, 1.82) is 0 Å². The largest absolute Gasteiger partial charge is 0.455 e. The van der Waals surface area contributed by atoms with Crippen molar-refractivity contribution >= 4 is 65.2 Å². The van der Waals surface area contributed by atoms with E-state index in [1.807, 2.05) is 22.7 Å². The second-order valence-electron chi connectivity index (χ2n) is 9.90. The Morgan fingerprint density at radius 1 is 0.500 bits per heavy atom. The molecule has 0 spiro atoms. The lowest BCUT2D eigenvalue weighted by molar-refractivity contribution is 0.609. The smallest absolute Gasteiger partial charge is 0.146 e. The van der Waals surface area contributed by atoms with Crippen molar-refractivity contribution in [2.24, 2.45) is 0 Å². The summed E-state index contributed by atoms with van der Waals surface area (Å²) >= 11 is 3.81. The third kappa shape index (κ3) is 5.23. The third-order valence-electron chi connectivity index (χ3n) is 7.06. The van der Waals surface area contributed by atoms with Crippen molar-refractivity contribution in [3.63, 3.8) is 0 Å². The highest BCUT2D eigenvalue weighted by atomic mass is 32.1. The molecule has 4 heteroatoms. The topological polar surface area (TPSA) is 26.3 Å². The summed E-state index contributed by atoms with van der Waals surface area (Å²) in [7, 11) is 0. The second kappa shape index (κ2) is 11.3. The average molecular weight is 495 g/mol. The molecule has 1 aromatic carbocycles. The highest BCUT2D eigenvalue weighted by Crippen LogP contribution is 2.42. The van der Waals surface area contributed by atoms with Gasteiger partial charge in [-0.2, -0.15) is 0 Å². The molecule has 4 heterocycles. The van der Waals surface area contributed by atoms with Gasteiger partial charge in [0, 0.05) is 20.5 Å². The molecule has 0 aliphatic rings. The third-order valence-corrected chi connectivity index (χ3v) is 9.48. The van der Waals surface area contributed by atoms with Gasteiger partial charge in [-0.25, -0.2) is 0 Å². The standard InChI is InChI=1S/C30H38O2S2/c1-3-5-7-9-11-13-15-21-17-27-29(33-21)23-19-26-24(20-25(23)31-27)30-28(32-26)18-22(34-30)16-14-12-10-8-6-4-2/h17-20H,3-16H2,1-2H3. The molecule has 0 atom stereocenters. The number of hydrogen-bond acceptors (Lipinski definition) is 4. The van der Waals surface area contributed by atoms with Gasteiger partial charge in [0.1, 0.15) is 22.3 Å². The van der Waals surface area contributed by atoms with Crippen LogP contribution in [0, 0.1) is 0 Å². The Hall–Kier alpha value is -1.78. The van der Waals surface area contributed by atoms with Crippen molar-refractivity contribution in [2.45, 2.75) is 104 Å². The average Bonchev–Trinajstić information content (AvgIpc) is 3.56. The Morgan fingerprint density at radius 3 is 1.35 bits per heavy atom. The Bertz CT molecular complexity index is 1240. The van der Waals surface area contributed by atoms with Crippen molar-refractivity contribution < 1.29 is 8.83 Å². The van der Waals surface area contributed by atoms with Crippen molar-refractivity contribution in [3.05, 3.63) is 34.0 Å². The van der Waals surface area contributed by atoms with E-state index in [0.717, 1.165) is 22.3 Å². The first kappa shape index (κ1) is 23.9. The van der Waals surface area contributed by atoms with Gasteiger partial charge in [-0.3, -0.25) is 0 Å². The summed E-state index contributed by atoms with van der Waals surface area (Å²) in [4.78, 5) is 2.90. The molecule has 0 amide bonds. The molecule has 182 valence electrons. The summed E-state index contributed by atoms with van der Waals surface area (Å²) in [5, 5.41) is 2.41. The molecule has 2 nitrogen and oxygen atoms in total. The fourth-order valence-corrected chi connectivity index (χ4v) is 7.39.